The molecule has 4 heteroatoms. The standard InChI is InChI=1S/C15H21ClN2S/c1-4-15(3)9-10-19-14(18-15)17-11(2)12-7-5-6-8-13(12)16/h5-8,11H,4,9-10H2,1-3H3,(H,17,18). The highest BCUT2D eigenvalue weighted by molar-refractivity contribution is 8.13. The zero-order chi connectivity index (χ0) is 13.9. The molecule has 2 rings (SSSR count). The molecular weight excluding hydrogens is 276 g/mol. The van der Waals surface area contributed by atoms with Crippen molar-refractivity contribution in [2.75, 3.05) is 5.75 Å². The van der Waals surface area contributed by atoms with Gasteiger partial charge >= 0.3 is 0 Å². The summed E-state index contributed by atoms with van der Waals surface area (Å²) in [6, 6.07) is 8.01. The summed E-state index contributed by atoms with van der Waals surface area (Å²) in [6.45, 7) is 6.58. The van der Waals surface area contributed by atoms with Gasteiger partial charge in [0.2, 0.25) is 0 Å². The van der Waals surface area contributed by atoms with Crippen LogP contribution in [0.15, 0.2) is 29.3 Å². The first-order valence-corrected chi connectivity index (χ1v) is 8.13. The van der Waals surface area contributed by atoms with Crippen LogP contribution in [0.3, 0.4) is 0 Å². The summed E-state index contributed by atoms with van der Waals surface area (Å²) in [4.78, 5) is 4.79. The molecule has 0 spiro atoms. The van der Waals surface area contributed by atoms with Crippen LogP contribution in [0.4, 0.5) is 0 Å². The van der Waals surface area contributed by atoms with E-state index in [1.807, 2.05) is 24.3 Å². The number of amidine groups is 1. The van der Waals surface area contributed by atoms with Crippen molar-refractivity contribution in [1.29, 1.82) is 0 Å². The summed E-state index contributed by atoms with van der Waals surface area (Å²) >= 11 is 8.03. The van der Waals surface area contributed by atoms with Gasteiger partial charge in [-0.3, -0.25) is 4.99 Å². The van der Waals surface area contributed by atoms with Crippen LogP contribution in [0.2, 0.25) is 5.02 Å². The first kappa shape index (κ1) is 14.7. The summed E-state index contributed by atoms with van der Waals surface area (Å²) in [5.41, 5.74) is 1.27. The summed E-state index contributed by atoms with van der Waals surface area (Å²) < 4.78 is 0. The molecule has 1 heterocycles. The van der Waals surface area contributed by atoms with Crippen molar-refractivity contribution in [3.63, 3.8) is 0 Å². The van der Waals surface area contributed by atoms with E-state index in [1.54, 1.807) is 11.8 Å². The molecule has 1 aromatic carbocycles. The Bertz CT molecular complexity index is 475. The fraction of sp³-hybridized carbons (Fsp3) is 0.533. The monoisotopic (exact) mass is 296 g/mol. The van der Waals surface area contributed by atoms with E-state index in [-0.39, 0.29) is 11.6 Å². The van der Waals surface area contributed by atoms with Gasteiger partial charge in [0.1, 0.15) is 0 Å². The van der Waals surface area contributed by atoms with Gasteiger partial charge in [-0.1, -0.05) is 48.5 Å². The van der Waals surface area contributed by atoms with Crippen molar-refractivity contribution in [1.82, 2.24) is 5.32 Å². The average molecular weight is 297 g/mol. The van der Waals surface area contributed by atoms with Crippen molar-refractivity contribution in [3.8, 4) is 0 Å². The summed E-state index contributed by atoms with van der Waals surface area (Å²) in [5.74, 6) is 1.13. The van der Waals surface area contributed by atoms with Gasteiger partial charge in [-0.05, 0) is 38.3 Å². The van der Waals surface area contributed by atoms with E-state index >= 15 is 0 Å². The summed E-state index contributed by atoms with van der Waals surface area (Å²) in [7, 11) is 0. The normalized spacial score (nSPS) is 27.1. The molecule has 0 radical (unpaired) electrons. The number of benzene rings is 1. The van der Waals surface area contributed by atoms with Crippen LogP contribution in [0, 0.1) is 0 Å². The number of aliphatic imine (C=N–C) groups is 1. The third kappa shape index (κ3) is 3.67. The van der Waals surface area contributed by atoms with E-state index in [2.05, 4.69) is 26.1 Å². The zero-order valence-corrected chi connectivity index (χ0v) is 13.3. The molecule has 2 nitrogen and oxygen atoms in total. The second-order valence-electron chi connectivity index (χ2n) is 5.27. The molecule has 104 valence electrons. The van der Waals surface area contributed by atoms with Gasteiger partial charge in [0.15, 0.2) is 5.17 Å². The van der Waals surface area contributed by atoms with Gasteiger partial charge in [0, 0.05) is 16.3 Å². The van der Waals surface area contributed by atoms with Crippen LogP contribution in [0.25, 0.3) is 0 Å². The maximum atomic E-state index is 6.22. The smallest absolute Gasteiger partial charge is 0.157 e. The Labute approximate surface area is 125 Å². The van der Waals surface area contributed by atoms with Crippen LogP contribution < -0.4 is 5.32 Å². The molecule has 0 aliphatic carbocycles. The van der Waals surface area contributed by atoms with Crippen LogP contribution in [0.5, 0.6) is 0 Å². The van der Waals surface area contributed by atoms with Crippen molar-refractivity contribution in [2.45, 2.75) is 45.2 Å². The number of rotatable bonds is 3. The second-order valence-corrected chi connectivity index (χ2v) is 6.76. The zero-order valence-electron chi connectivity index (χ0n) is 11.7. The Kier molecular flexibility index (Phi) is 4.80. The van der Waals surface area contributed by atoms with Gasteiger partial charge in [-0.15, -0.1) is 0 Å². The number of thioether (sulfide) groups is 1. The topological polar surface area (TPSA) is 24.4 Å². The van der Waals surface area contributed by atoms with Gasteiger partial charge < -0.3 is 5.32 Å². The van der Waals surface area contributed by atoms with Crippen molar-refractivity contribution < 1.29 is 0 Å². The molecule has 1 saturated heterocycles. The number of nitrogens with zero attached hydrogens (tertiary/aromatic N) is 1. The van der Waals surface area contributed by atoms with E-state index < -0.39 is 0 Å². The fourth-order valence-electron chi connectivity index (χ4n) is 2.12. The predicted molar refractivity (Wildman–Crippen MR) is 86.2 cm³/mol. The quantitative estimate of drug-likeness (QED) is 0.878. The molecule has 19 heavy (non-hydrogen) atoms. The minimum Gasteiger partial charge on any atom is -0.360 e. The molecule has 0 aromatic heterocycles. The van der Waals surface area contributed by atoms with E-state index in [4.69, 9.17) is 16.6 Å². The van der Waals surface area contributed by atoms with Crippen molar-refractivity contribution >= 4 is 28.5 Å². The number of hydrogen-bond donors (Lipinski definition) is 1. The molecular formula is C15H21ClN2S. The van der Waals surface area contributed by atoms with Gasteiger partial charge in [0.25, 0.3) is 0 Å². The Morgan fingerprint density at radius 1 is 1.47 bits per heavy atom. The van der Waals surface area contributed by atoms with Gasteiger partial charge in [0.05, 0.1) is 6.04 Å². The number of halogens is 1. The lowest BCUT2D eigenvalue weighted by atomic mass is 9.96. The molecule has 1 fully saturated rings. The molecule has 0 amide bonds. The van der Waals surface area contributed by atoms with E-state index in [0.29, 0.717) is 0 Å². The number of nitrogens with one attached hydrogen (secondary N) is 1. The lowest BCUT2D eigenvalue weighted by Gasteiger charge is -2.35. The fourth-order valence-corrected chi connectivity index (χ4v) is 3.71. The molecule has 1 aromatic rings. The Hall–Kier alpha value is -0.670. The summed E-state index contributed by atoms with van der Waals surface area (Å²) in [6.07, 6.45) is 2.31. The predicted octanol–water partition coefficient (Wildman–Crippen LogP) is 4.65. The van der Waals surface area contributed by atoms with E-state index in [9.17, 15) is 0 Å². The molecule has 1 N–H and O–H groups in total. The lowest BCUT2D eigenvalue weighted by molar-refractivity contribution is 0.389. The minimum absolute atomic E-state index is 0.0860. The molecule has 2 unspecified atom stereocenters. The van der Waals surface area contributed by atoms with E-state index in [0.717, 1.165) is 27.9 Å². The largest absolute Gasteiger partial charge is 0.360 e. The molecule has 1 aliphatic heterocycles. The van der Waals surface area contributed by atoms with Gasteiger partial charge in [-0.2, -0.15) is 0 Å². The third-order valence-electron chi connectivity index (χ3n) is 3.75. The first-order valence-electron chi connectivity index (χ1n) is 6.77. The van der Waals surface area contributed by atoms with E-state index in [1.165, 1.54) is 6.42 Å². The van der Waals surface area contributed by atoms with Crippen LogP contribution in [-0.4, -0.2) is 16.5 Å². The van der Waals surface area contributed by atoms with Crippen LogP contribution in [-0.2, 0) is 0 Å². The van der Waals surface area contributed by atoms with Crippen LogP contribution >= 0.6 is 23.4 Å². The number of hydrogen-bond acceptors (Lipinski definition) is 2. The summed E-state index contributed by atoms with van der Waals surface area (Å²) in [5, 5.41) is 5.40. The van der Waals surface area contributed by atoms with Gasteiger partial charge in [-0.25, -0.2) is 0 Å². The highest BCUT2D eigenvalue weighted by Gasteiger charge is 2.27. The molecule has 0 bridgehead atoms. The van der Waals surface area contributed by atoms with Crippen molar-refractivity contribution in [3.05, 3.63) is 34.9 Å². The first-order chi connectivity index (χ1) is 9.04. The molecule has 0 saturated carbocycles. The maximum Gasteiger partial charge on any atom is 0.157 e. The minimum atomic E-state index is 0.0860. The SMILES string of the molecule is CCC1(C)CCSC(=NC(C)c2ccccc2Cl)N1. The highest BCUT2D eigenvalue weighted by atomic mass is 35.5. The lowest BCUT2D eigenvalue weighted by Crippen LogP contribution is -2.48. The second kappa shape index (κ2) is 6.19. The highest BCUT2D eigenvalue weighted by Crippen LogP contribution is 2.29. The Balaban J connectivity index is 2.15. The maximum absolute atomic E-state index is 6.22. The third-order valence-corrected chi connectivity index (χ3v) is 4.98. The van der Waals surface area contributed by atoms with Crippen LogP contribution in [0.1, 0.15) is 45.2 Å². The molecule has 1 aliphatic rings. The van der Waals surface area contributed by atoms with Crippen molar-refractivity contribution in [2.24, 2.45) is 4.99 Å². The average Bonchev–Trinajstić information content (AvgIpc) is 2.39. The Morgan fingerprint density at radius 3 is 2.89 bits per heavy atom. The molecule has 2 atom stereocenters. The Morgan fingerprint density at radius 2 is 2.21 bits per heavy atom.